The van der Waals surface area contributed by atoms with Gasteiger partial charge in [0, 0.05) is 0 Å². The molecule has 0 amide bonds. The second kappa shape index (κ2) is 6.91. The van der Waals surface area contributed by atoms with E-state index in [9.17, 15) is 15.0 Å². The topological polar surface area (TPSA) is 66.8 Å². The van der Waals surface area contributed by atoms with Gasteiger partial charge >= 0.3 is 5.97 Å². The third-order valence-electron chi connectivity index (χ3n) is 2.96. The number of carbonyl (C=O) groups is 1. The van der Waals surface area contributed by atoms with Crippen LogP contribution in [0.25, 0.3) is 0 Å². The van der Waals surface area contributed by atoms with Crippen molar-refractivity contribution >= 4 is 28.6 Å². The summed E-state index contributed by atoms with van der Waals surface area (Å²) in [6, 6.07) is 6.81. The average molecular weight is 376 g/mol. The predicted octanol–water partition coefficient (Wildman–Crippen LogP) is 3.09. The van der Waals surface area contributed by atoms with Gasteiger partial charge in [-0.25, -0.2) is 4.79 Å². The quantitative estimate of drug-likeness (QED) is 0.592. The molecule has 2 N–H and O–H groups in total. The Balaban J connectivity index is 3.27. The number of benzene rings is 1. The van der Waals surface area contributed by atoms with Crippen LogP contribution in [0.5, 0.6) is 5.75 Å². The van der Waals surface area contributed by atoms with E-state index in [-0.39, 0.29) is 5.57 Å². The van der Waals surface area contributed by atoms with Crippen LogP contribution >= 0.6 is 22.6 Å². The van der Waals surface area contributed by atoms with E-state index in [1.54, 1.807) is 31.4 Å². The summed E-state index contributed by atoms with van der Waals surface area (Å²) < 4.78 is 6.48. The molecule has 0 aliphatic rings. The molecular weight excluding hydrogens is 359 g/mol. The lowest BCUT2D eigenvalue weighted by Gasteiger charge is -2.29. The molecule has 0 spiro atoms. The van der Waals surface area contributed by atoms with Crippen molar-refractivity contribution in [3.63, 3.8) is 0 Å². The van der Waals surface area contributed by atoms with E-state index in [0.717, 1.165) is 0 Å². The lowest BCUT2D eigenvalue weighted by molar-refractivity contribution is -0.135. The highest BCUT2D eigenvalue weighted by molar-refractivity contribution is 14.1. The molecule has 0 saturated heterocycles. The first-order valence-electron chi connectivity index (χ1n) is 5.90. The highest BCUT2D eigenvalue weighted by atomic mass is 127. The van der Waals surface area contributed by atoms with Crippen LogP contribution in [-0.4, -0.2) is 23.3 Å². The van der Waals surface area contributed by atoms with Gasteiger partial charge in [-0.05, 0) is 28.2 Å². The molecular formula is C14H17IO4. The van der Waals surface area contributed by atoms with E-state index >= 15 is 0 Å². The Bertz CT molecular complexity index is 467. The van der Waals surface area contributed by atoms with Crippen molar-refractivity contribution < 1.29 is 19.7 Å². The van der Waals surface area contributed by atoms with E-state index in [1.165, 1.54) is 4.08 Å². The molecule has 0 saturated carbocycles. The van der Waals surface area contributed by atoms with Crippen LogP contribution in [0.2, 0.25) is 0 Å². The highest BCUT2D eigenvalue weighted by Crippen LogP contribution is 2.35. The Kier molecular flexibility index (Phi) is 5.81. The second-order valence-electron chi connectivity index (χ2n) is 4.17. The van der Waals surface area contributed by atoms with Crippen molar-refractivity contribution in [1.82, 2.24) is 0 Å². The van der Waals surface area contributed by atoms with Crippen LogP contribution in [0, 0.1) is 0 Å². The highest BCUT2D eigenvalue weighted by Gasteiger charge is 2.36. The third kappa shape index (κ3) is 3.48. The maximum absolute atomic E-state index is 11.3. The van der Waals surface area contributed by atoms with Gasteiger partial charge in [-0.1, -0.05) is 48.1 Å². The summed E-state index contributed by atoms with van der Waals surface area (Å²) in [7, 11) is 1.56. The van der Waals surface area contributed by atoms with Gasteiger partial charge in [0.2, 0.25) is 0 Å². The molecule has 104 valence electrons. The van der Waals surface area contributed by atoms with Crippen LogP contribution in [-0.2, 0) is 10.4 Å². The van der Waals surface area contributed by atoms with Crippen LogP contribution < -0.4 is 4.74 Å². The molecule has 1 aromatic rings. The standard InChI is InChI=1S/C14H17IO4/c1-3-8-14(18,12(9-15)13(16)17)10-4-6-11(19-2)7-5-10/h4-7,9,18H,3,8H2,1-2H3,(H,16,17). The minimum Gasteiger partial charge on any atom is -0.497 e. The number of carboxylic acids is 1. The molecule has 4 nitrogen and oxygen atoms in total. The molecule has 1 rings (SSSR count). The smallest absolute Gasteiger partial charge is 0.335 e. The molecule has 0 aromatic heterocycles. The van der Waals surface area contributed by atoms with Crippen molar-refractivity contribution in [2.75, 3.05) is 7.11 Å². The lowest BCUT2D eigenvalue weighted by atomic mass is 9.83. The second-order valence-corrected chi connectivity index (χ2v) is 4.79. The SMILES string of the molecule is CCCC(O)(C(=CI)C(=O)O)c1ccc(OC)cc1. The number of hydrogen-bond acceptors (Lipinski definition) is 3. The third-order valence-corrected chi connectivity index (χ3v) is 3.59. The van der Waals surface area contributed by atoms with E-state index < -0.39 is 11.6 Å². The number of ether oxygens (including phenoxy) is 1. The largest absolute Gasteiger partial charge is 0.497 e. The Morgan fingerprint density at radius 1 is 1.42 bits per heavy atom. The lowest BCUT2D eigenvalue weighted by Crippen LogP contribution is -2.32. The van der Waals surface area contributed by atoms with Crippen molar-refractivity contribution in [1.29, 1.82) is 0 Å². The zero-order chi connectivity index (χ0) is 14.5. The van der Waals surface area contributed by atoms with Crippen LogP contribution in [0.4, 0.5) is 0 Å². The molecule has 1 unspecified atom stereocenters. The maximum Gasteiger partial charge on any atom is 0.335 e. The fraction of sp³-hybridized carbons (Fsp3) is 0.357. The van der Waals surface area contributed by atoms with E-state index in [1.807, 2.05) is 29.5 Å². The zero-order valence-corrected chi connectivity index (χ0v) is 13.0. The van der Waals surface area contributed by atoms with Crippen molar-refractivity contribution in [2.24, 2.45) is 0 Å². The number of hydrogen-bond donors (Lipinski definition) is 2. The number of carboxylic acid groups (broad SMARTS) is 1. The van der Waals surface area contributed by atoms with Crippen LogP contribution in [0.1, 0.15) is 25.3 Å². The number of aliphatic carboxylic acids is 1. The summed E-state index contributed by atoms with van der Waals surface area (Å²) in [6.45, 7) is 1.90. The molecule has 5 heteroatoms. The predicted molar refractivity (Wildman–Crippen MR) is 81.5 cm³/mol. The molecule has 1 aromatic carbocycles. The molecule has 0 aliphatic heterocycles. The fourth-order valence-corrected chi connectivity index (χ4v) is 2.76. The van der Waals surface area contributed by atoms with E-state index in [4.69, 9.17) is 4.74 Å². The normalized spacial score (nSPS) is 14.8. The fourth-order valence-electron chi connectivity index (χ4n) is 1.98. The van der Waals surface area contributed by atoms with Crippen molar-refractivity contribution in [2.45, 2.75) is 25.4 Å². The summed E-state index contributed by atoms with van der Waals surface area (Å²) >= 11 is 1.84. The van der Waals surface area contributed by atoms with Crippen molar-refractivity contribution in [3.8, 4) is 5.75 Å². The Morgan fingerprint density at radius 3 is 2.37 bits per heavy atom. The molecule has 0 heterocycles. The van der Waals surface area contributed by atoms with Crippen molar-refractivity contribution in [3.05, 3.63) is 39.5 Å². The van der Waals surface area contributed by atoms with Gasteiger partial charge in [0.05, 0.1) is 12.7 Å². The number of halogens is 1. The zero-order valence-electron chi connectivity index (χ0n) is 10.9. The monoisotopic (exact) mass is 376 g/mol. The van der Waals surface area contributed by atoms with Gasteiger partial charge in [0.15, 0.2) is 0 Å². The summed E-state index contributed by atoms with van der Waals surface area (Å²) in [5, 5.41) is 20.0. The molecule has 0 aliphatic carbocycles. The Labute approximate surface area is 126 Å². The summed E-state index contributed by atoms with van der Waals surface area (Å²) in [5.41, 5.74) is -0.936. The van der Waals surface area contributed by atoms with E-state index in [2.05, 4.69) is 0 Å². The van der Waals surface area contributed by atoms with Gasteiger partial charge in [-0.2, -0.15) is 0 Å². The minimum atomic E-state index is -1.48. The van der Waals surface area contributed by atoms with Crippen LogP contribution in [0.15, 0.2) is 33.9 Å². The number of rotatable bonds is 6. The number of methoxy groups -OCH3 is 1. The molecule has 1 atom stereocenters. The van der Waals surface area contributed by atoms with Crippen LogP contribution in [0.3, 0.4) is 0 Å². The first kappa shape index (κ1) is 16.0. The van der Waals surface area contributed by atoms with Gasteiger partial charge in [-0.3, -0.25) is 0 Å². The molecule has 0 radical (unpaired) electrons. The maximum atomic E-state index is 11.3. The first-order valence-corrected chi connectivity index (χ1v) is 7.15. The first-order chi connectivity index (χ1) is 8.99. The number of aliphatic hydroxyl groups is 1. The summed E-state index contributed by atoms with van der Waals surface area (Å²) in [6.07, 6.45) is 1.02. The summed E-state index contributed by atoms with van der Waals surface area (Å²) in [5.74, 6) is -0.445. The Hall–Kier alpha value is -1.08. The van der Waals surface area contributed by atoms with Gasteiger partial charge in [0.1, 0.15) is 11.4 Å². The van der Waals surface area contributed by atoms with Gasteiger partial charge < -0.3 is 14.9 Å². The van der Waals surface area contributed by atoms with Gasteiger partial charge in [0.25, 0.3) is 0 Å². The molecule has 0 bridgehead atoms. The minimum absolute atomic E-state index is 0.0138. The average Bonchev–Trinajstić information content (AvgIpc) is 2.39. The van der Waals surface area contributed by atoms with Gasteiger partial charge in [-0.15, -0.1) is 0 Å². The summed E-state index contributed by atoms with van der Waals surface area (Å²) in [4.78, 5) is 11.3. The molecule has 0 fully saturated rings. The molecule has 19 heavy (non-hydrogen) atoms. The Morgan fingerprint density at radius 2 is 2.00 bits per heavy atom. The van der Waals surface area contributed by atoms with E-state index in [0.29, 0.717) is 24.2 Å².